The normalized spacial score (nSPS) is 12.6. The van der Waals surface area contributed by atoms with Gasteiger partial charge >= 0.3 is 0 Å². The van der Waals surface area contributed by atoms with Gasteiger partial charge in [-0.1, -0.05) is 17.7 Å². The van der Waals surface area contributed by atoms with Crippen LogP contribution in [0.5, 0.6) is 0 Å². The van der Waals surface area contributed by atoms with Crippen molar-refractivity contribution < 1.29 is 0 Å². The van der Waals surface area contributed by atoms with E-state index in [2.05, 4.69) is 58.6 Å². The lowest BCUT2D eigenvalue weighted by Crippen LogP contribution is -2.07. The number of halogens is 1. The molecule has 2 rings (SSSR count). The lowest BCUT2D eigenvalue weighted by Gasteiger charge is -2.12. The van der Waals surface area contributed by atoms with Gasteiger partial charge in [-0.15, -0.1) is 23.1 Å². The van der Waals surface area contributed by atoms with Crippen LogP contribution in [-0.4, -0.2) is 6.54 Å². The first-order valence-electron chi connectivity index (χ1n) is 5.36. The van der Waals surface area contributed by atoms with Gasteiger partial charge in [0.1, 0.15) is 0 Å². The standard InChI is InChI=1S/C13H14BrNS2/c1-9-3-2-4-11(5-9)17-13(7-15)12-6-10(14)8-16-12/h2-6,8,13H,7,15H2,1H3. The Kier molecular flexibility index (Phi) is 4.68. The van der Waals surface area contributed by atoms with Crippen molar-refractivity contribution >= 4 is 39.0 Å². The van der Waals surface area contributed by atoms with Crippen LogP contribution in [0.4, 0.5) is 0 Å². The summed E-state index contributed by atoms with van der Waals surface area (Å²) in [5, 5.41) is 2.45. The molecular formula is C13H14BrNS2. The number of thioether (sulfide) groups is 1. The molecule has 1 aromatic heterocycles. The summed E-state index contributed by atoms with van der Waals surface area (Å²) in [4.78, 5) is 2.61. The molecule has 90 valence electrons. The highest BCUT2D eigenvalue weighted by Gasteiger charge is 2.13. The summed E-state index contributed by atoms with van der Waals surface area (Å²) < 4.78 is 1.14. The first-order chi connectivity index (χ1) is 8.19. The maximum atomic E-state index is 5.87. The second-order valence-electron chi connectivity index (χ2n) is 3.83. The molecule has 0 amide bonds. The third kappa shape index (κ3) is 3.58. The molecule has 2 aromatic rings. The van der Waals surface area contributed by atoms with Crippen LogP contribution in [0.2, 0.25) is 0 Å². The van der Waals surface area contributed by atoms with Gasteiger partial charge in [-0.3, -0.25) is 0 Å². The van der Waals surface area contributed by atoms with Crippen LogP contribution in [0.15, 0.2) is 45.1 Å². The van der Waals surface area contributed by atoms with E-state index in [9.17, 15) is 0 Å². The SMILES string of the molecule is Cc1cccc(SC(CN)c2cc(Br)cs2)c1. The predicted octanol–water partition coefficient (Wildman–Crippen LogP) is 4.61. The molecule has 1 heterocycles. The largest absolute Gasteiger partial charge is 0.329 e. The number of nitrogens with two attached hydrogens (primary N) is 1. The molecule has 1 unspecified atom stereocenters. The number of thiophene rings is 1. The first kappa shape index (κ1) is 13.1. The van der Waals surface area contributed by atoms with E-state index in [1.54, 1.807) is 11.3 Å². The Morgan fingerprint density at radius 3 is 2.82 bits per heavy atom. The van der Waals surface area contributed by atoms with Crippen LogP contribution in [0.1, 0.15) is 15.7 Å². The van der Waals surface area contributed by atoms with Gasteiger partial charge in [-0.2, -0.15) is 0 Å². The molecule has 0 spiro atoms. The smallest absolute Gasteiger partial charge is 0.0561 e. The number of benzene rings is 1. The first-order valence-corrected chi connectivity index (χ1v) is 7.91. The molecule has 0 saturated heterocycles. The maximum Gasteiger partial charge on any atom is 0.0561 e. The Morgan fingerprint density at radius 1 is 1.41 bits per heavy atom. The van der Waals surface area contributed by atoms with Crippen LogP contribution >= 0.6 is 39.0 Å². The second-order valence-corrected chi connectivity index (χ2v) is 6.96. The van der Waals surface area contributed by atoms with Crippen molar-refractivity contribution in [3.8, 4) is 0 Å². The van der Waals surface area contributed by atoms with Crippen molar-refractivity contribution in [2.45, 2.75) is 17.1 Å². The third-order valence-corrected chi connectivity index (χ3v) is 5.60. The molecule has 0 radical (unpaired) electrons. The molecule has 1 aromatic carbocycles. The monoisotopic (exact) mass is 327 g/mol. The second kappa shape index (κ2) is 6.05. The predicted molar refractivity (Wildman–Crippen MR) is 80.9 cm³/mol. The Hall–Kier alpha value is -0.290. The van der Waals surface area contributed by atoms with E-state index in [4.69, 9.17) is 5.73 Å². The van der Waals surface area contributed by atoms with Gasteiger partial charge in [0.05, 0.1) is 5.25 Å². The maximum absolute atomic E-state index is 5.87. The Morgan fingerprint density at radius 2 is 2.24 bits per heavy atom. The van der Waals surface area contributed by atoms with Gasteiger partial charge in [0.15, 0.2) is 0 Å². The van der Waals surface area contributed by atoms with E-state index < -0.39 is 0 Å². The summed E-state index contributed by atoms with van der Waals surface area (Å²) in [5.41, 5.74) is 7.16. The molecule has 0 bridgehead atoms. The zero-order valence-electron chi connectivity index (χ0n) is 9.52. The van der Waals surface area contributed by atoms with Gasteiger partial charge in [0.25, 0.3) is 0 Å². The minimum atomic E-state index is 0.341. The Balaban J connectivity index is 2.15. The van der Waals surface area contributed by atoms with Gasteiger partial charge in [0, 0.05) is 26.2 Å². The van der Waals surface area contributed by atoms with Crippen molar-refractivity contribution in [2.24, 2.45) is 5.73 Å². The number of hydrogen-bond donors (Lipinski definition) is 1. The molecular weight excluding hydrogens is 314 g/mol. The molecule has 0 aliphatic carbocycles. The Labute approximate surface area is 119 Å². The highest BCUT2D eigenvalue weighted by Crippen LogP contribution is 2.38. The summed E-state index contributed by atoms with van der Waals surface area (Å²) in [6.45, 7) is 2.77. The van der Waals surface area contributed by atoms with Gasteiger partial charge in [-0.25, -0.2) is 0 Å². The summed E-state index contributed by atoms with van der Waals surface area (Å²) in [7, 11) is 0. The topological polar surface area (TPSA) is 26.0 Å². The summed E-state index contributed by atoms with van der Waals surface area (Å²) in [5.74, 6) is 0. The molecule has 1 atom stereocenters. The zero-order chi connectivity index (χ0) is 12.3. The molecule has 17 heavy (non-hydrogen) atoms. The van der Waals surface area contributed by atoms with E-state index in [-0.39, 0.29) is 0 Å². The van der Waals surface area contributed by atoms with Crippen molar-refractivity contribution in [1.82, 2.24) is 0 Å². The fourth-order valence-electron chi connectivity index (χ4n) is 1.57. The molecule has 2 N–H and O–H groups in total. The van der Waals surface area contributed by atoms with E-state index in [1.807, 2.05) is 11.8 Å². The molecule has 1 nitrogen and oxygen atoms in total. The zero-order valence-corrected chi connectivity index (χ0v) is 12.7. The summed E-state index contributed by atoms with van der Waals surface area (Å²) in [6, 6.07) is 10.7. The average molecular weight is 328 g/mol. The third-order valence-electron chi connectivity index (χ3n) is 2.39. The van der Waals surface area contributed by atoms with E-state index >= 15 is 0 Å². The number of rotatable bonds is 4. The van der Waals surface area contributed by atoms with Crippen LogP contribution in [0.3, 0.4) is 0 Å². The fourth-order valence-corrected chi connectivity index (χ4v) is 4.34. The van der Waals surface area contributed by atoms with Crippen molar-refractivity contribution in [3.63, 3.8) is 0 Å². The molecule has 0 aliphatic heterocycles. The van der Waals surface area contributed by atoms with Gasteiger partial charge in [0.2, 0.25) is 0 Å². The van der Waals surface area contributed by atoms with Crippen molar-refractivity contribution in [3.05, 3.63) is 50.6 Å². The highest BCUT2D eigenvalue weighted by molar-refractivity contribution is 9.10. The van der Waals surface area contributed by atoms with Crippen LogP contribution < -0.4 is 5.73 Å². The number of aryl methyl sites for hydroxylation is 1. The lowest BCUT2D eigenvalue weighted by atomic mass is 10.2. The molecule has 0 fully saturated rings. The lowest BCUT2D eigenvalue weighted by molar-refractivity contribution is 0.959. The average Bonchev–Trinajstić information content (AvgIpc) is 2.73. The van der Waals surface area contributed by atoms with E-state index in [1.165, 1.54) is 15.3 Å². The quantitative estimate of drug-likeness (QED) is 0.830. The van der Waals surface area contributed by atoms with E-state index in [0.29, 0.717) is 11.8 Å². The van der Waals surface area contributed by atoms with Gasteiger partial charge < -0.3 is 5.73 Å². The van der Waals surface area contributed by atoms with E-state index in [0.717, 1.165) is 4.47 Å². The number of hydrogen-bond acceptors (Lipinski definition) is 3. The highest BCUT2D eigenvalue weighted by atomic mass is 79.9. The molecule has 4 heteroatoms. The van der Waals surface area contributed by atoms with Crippen LogP contribution in [0.25, 0.3) is 0 Å². The minimum Gasteiger partial charge on any atom is -0.329 e. The van der Waals surface area contributed by atoms with Crippen molar-refractivity contribution in [1.29, 1.82) is 0 Å². The summed E-state index contributed by atoms with van der Waals surface area (Å²) >= 11 is 7.08. The Bertz CT molecular complexity index is 496. The summed E-state index contributed by atoms with van der Waals surface area (Å²) in [6.07, 6.45) is 0. The molecule has 0 saturated carbocycles. The van der Waals surface area contributed by atoms with Crippen LogP contribution in [-0.2, 0) is 0 Å². The van der Waals surface area contributed by atoms with Crippen molar-refractivity contribution in [2.75, 3.05) is 6.54 Å². The minimum absolute atomic E-state index is 0.341. The fraction of sp³-hybridized carbons (Fsp3) is 0.231. The van der Waals surface area contributed by atoms with Crippen LogP contribution in [0, 0.1) is 6.92 Å². The van der Waals surface area contributed by atoms with Gasteiger partial charge in [-0.05, 0) is 41.1 Å². The molecule has 0 aliphatic rings.